The van der Waals surface area contributed by atoms with E-state index in [1.165, 1.54) is 19.3 Å². The molecule has 0 aromatic heterocycles. The summed E-state index contributed by atoms with van der Waals surface area (Å²) in [7, 11) is 1.60. The Bertz CT molecular complexity index is 704. The van der Waals surface area contributed by atoms with Crippen LogP contribution < -0.4 is 10.1 Å². The zero-order valence-corrected chi connectivity index (χ0v) is 15.5. The van der Waals surface area contributed by atoms with Crippen molar-refractivity contribution >= 4 is 11.9 Å². The third kappa shape index (κ3) is 4.09. The van der Waals surface area contributed by atoms with Gasteiger partial charge >= 0.3 is 5.97 Å². The smallest absolute Gasteiger partial charge is 0.336 e. The summed E-state index contributed by atoms with van der Waals surface area (Å²) in [6.45, 7) is 2.22. The van der Waals surface area contributed by atoms with Crippen molar-refractivity contribution in [1.82, 2.24) is 5.32 Å². The predicted octanol–water partition coefficient (Wildman–Crippen LogP) is 3.70. The molecule has 0 radical (unpaired) electrons. The van der Waals surface area contributed by atoms with Gasteiger partial charge in [0.1, 0.15) is 5.75 Å². The first-order valence-corrected chi connectivity index (χ1v) is 9.40. The van der Waals surface area contributed by atoms with Gasteiger partial charge in [0.15, 0.2) is 0 Å². The summed E-state index contributed by atoms with van der Waals surface area (Å²) in [4.78, 5) is 25.0. The number of hydrogen-bond acceptors (Lipinski definition) is 4. The van der Waals surface area contributed by atoms with E-state index >= 15 is 0 Å². The molecule has 1 atom stereocenters. The van der Waals surface area contributed by atoms with E-state index in [2.05, 4.69) is 5.32 Å². The molecule has 0 unspecified atom stereocenters. The molecule has 0 spiro atoms. The van der Waals surface area contributed by atoms with E-state index < -0.39 is 0 Å². The number of amides is 1. The van der Waals surface area contributed by atoms with Crippen molar-refractivity contribution in [1.29, 1.82) is 0 Å². The molecule has 1 aliphatic carbocycles. The maximum absolute atomic E-state index is 12.9. The van der Waals surface area contributed by atoms with Crippen LogP contribution in [0.5, 0.6) is 5.75 Å². The minimum atomic E-state index is -0.348. The monoisotopic (exact) mass is 357 g/mol. The van der Waals surface area contributed by atoms with Gasteiger partial charge in [-0.1, -0.05) is 37.5 Å². The van der Waals surface area contributed by atoms with Gasteiger partial charge in [-0.15, -0.1) is 0 Å². The lowest BCUT2D eigenvalue weighted by Crippen LogP contribution is -2.34. The number of carbonyl (C=O) groups excluding carboxylic acids is 2. The van der Waals surface area contributed by atoms with Crippen LogP contribution in [0.2, 0.25) is 0 Å². The van der Waals surface area contributed by atoms with Crippen molar-refractivity contribution in [3.05, 3.63) is 41.1 Å². The molecular weight excluding hydrogens is 330 g/mol. The van der Waals surface area contributed by atoms with Crippen molar-refractivity contribution in [3.63, 3.8) is 0 Å². The molecular formula is C21H27NO4. The molecule has 1 heterocycles. The zero-order chi connectivity index (χ0) is 18.5. The molecule has 1 aliphatic heterocycles. The number of rotatable bonds is 5. The quantitative estimate of drug-likeness (QED) is 0.816. The molecule has 26 heavy (non-hydrogen) atoms. The molecule has 2 aliphatic rings. The number of ether oxygens (including phenoxy) is 2. The third-order valence-corrected chi connectivity index (χ3v) is 5.38. The Morgan fingerprint density at radius 3 is 2.65 bits per heavy atom. The highest BCUT2D eigenvalue weighted by Gasteiger charge is 2.34. The van der Waals surface area contributed by atoms with Crippen LogP contribution >= 0.6 is 0 Å². The molecule has 1 fully saturated rings. The average molecular weight is 357 g/mol. The van der Waals surface area contributed by atoms with Crippen molar-refractivity contribution in [2.45, 2.75) is 51.4 Å². The van der Waals surface area contributed by atoms with Crippen LogP contribution in [0.4, 0.5) is 0 Å². The molecule has 0 saturated heterocycles. The summed E-state index contributed by atoms with van der Waals surface area (Å²) < 4.78 is 11.1. The summed E-state index contributed by atoms with van der Waals surface area (Å²) >= 11 is 0. The molecule has 0 bridgehead atoms. The van der Waals surface area contributed by atoms with Gasteiger partial charge in [-0.25, -0.2) is 4.79 Å². The Kier molecular flexibility index (Phi) is 5.96. The van der Waals surface area contributed by atoms with Crippen LogP contribution in [0.25, 0.3) is 0 Å². The van der Waals surface area contributed by atoms with E-state index in [-0.39, 0.29) is 24.2 Å². The lowest BCUT2D eigenvalue weighted by molar-refractivity contribution is -0.141. The number of methoxy groups -OCH3 is 1. The fourth-order valence-corrected chi connectivity index (χ4v) is 4.02. The summed E-state index contributed by atoms with van der Waals surface area (Å²) in [6, 6.07) is 7.53. The fourth-order valence-electron chi connectivity index (χ4n) is 4.02. The van der Waals surface area contributed by atoms with Crippen LogP contribution in [-0.2, 0) is 14.3 Å². The first-order chi connectivity index (χ1) is 12.6. The first-order valence-electron chi connectivity index (χ1n) is 9.40. The SMILES string of the molecule is COc1ccccc1[C@H]1CC(=O)NC(C)=C1C(=O)OCC1CCCCC1. The van der Waals surface area contributed by atoms with Crippen LogP contribution in [0, 0.1) is 5.92 Å². The topological polar surface area (TPSA) is 64.6 Å². The maximum Gasteiger partial charge on any atom is 0.336 e. The predicted molar refractivity (Wildman–Crippen MR) is 98.7 cm³/mol. The summed E-state index contributed by atoms with van der Waals surface area (Å²) in [6.07, 6.45) is 6.16. The Balaban J connectivity index is 1.82. The molecule has 140 valence electrons. The average Bonchev–Trinajstić information content (AvgIpc) is 2.66. The van der Waals surface area contributed by atoms with Gasteiger partial charge in [0.05, 0.1) is 19.3 Å². The van der Waals surface area contributed by atoms with E-state index in [9.17, 15) is 9.59 Å². The van der Waals surface area contributed by atoms with Crippen molar-refractivity contribution in [2.24, 2.45) is 5.92 Å². The van der Waals surface area contributed by atoms with Gasteiger partial charge in [0.25, 0.3) is 0 Å². The second-order valence-electron chi connectivity index (χ2n) is 7.19. The third-order valence-electron chi connectivity index (χ3n) is 5.38. The summed E-state index contributed by atoms with van der Waals surface area (Å²) in [5, 5.41) is 2.78. The van der Waals surface area contributed by atoms with Gasteiger partial charge in [0.2, 0.25) is 5.91 Å². The van der Waals surface area contributed by atoms with Gasteiger partial charge in [-0.05, 0) is 31.7 Å². The largest absolute Gasteiger partial charge is 0.496 e. The van der Waals surface area contributed by atoms with E-state index in [4.69, 9.17) is 9.47 Å². The minimum absolute atomic E-state index is 0.0952. The Morgan fingerprint density at radius 2 is 1.92 bits per heavy atom. The Morgan fingerprint density at radius 1 is 1.19 bits per heavy atom. The molecule has 1 aromatic carbocycles. The molecule has 5 nitrogen and oxygen atoms in total. The minimum Gasteiger partial charge on any atom is -0.496 e. The van der Waals surface area contributed by atoms with Gasteiger partial charge < -0.3 is 14.8 Å². The van der Waals surface area contributed by atoms with E-state index in [1.54, 1.807) is 14.0 Å². The van der Waals surface area contributed by atoms with Crippen molar-refractivity contribution in [3.8, 4) is 5.75 Å². The molecule has 1 aromatic rings. The molecule has 1 amide bonds. The second kappa shape index (κ2) is 8.39. The normalized spacial score (nSPS) is 21.3. The van der Waals surface area contributed by atoms with Gasteiger partial charge in [-0.3, -0.25) is 4.79 Å². The van der Waals surface area contributed by atoms with E-state index in [0.29, 0.717) is 29.5 Å². The highest BCUT2D eigenvalue weighted by molar-refractivity contribution is 5.96. The number of hydrogen-bond donors (Lipinski definition) is 1. The van der Waals surface area contributed by atoms with Crippen molar-refractivity contribution < 1.29 is 19.1 Å². The van der Waals surface area contributed by atoms with Gasteiger partial charge in [0, 0.05) is 23.6 Å². The van der Waals surface area contributed by atoms with Crippen LogP contribution in [0.3, 0.4) is 0 Å². The van der Waals surface area contributed by atoms with Crippen LogP contribution in [0.1, 0.15) is 56.9 Å². The van der Waals surface area contributed by atoms with Gasteiger partial charge in [-0.2, -0.15) is 0 Å². The summed E-state index contributed by atoms with van der Waals surface area (Å²) in [5.74, 6) is 0.360. The van der Waals surface area contributed by atoms with Crippen LogP contribution in [0.15, 0.2) is 35.5 Å². The molecule has 5 heteroatoms. The maximum atomic E-state index is 12.9. The molecule has 1 saturated carbocycles. The number of carbonyl (C=O) groups is 2. The molecule has 3 rings (SSSR count). The van der Waals surface area contributed by atoms with Crippen molar-refractivity contribution in [2.75, 3.05) is 13.7 Å². The standard InChI is InChI=1S/C21H27NO4/c1-14-20(21(24)26-13-15-8-4-3-5-9-15)17(12-19(23)22-14)16-10-6-7-11-18(16)25-2/h6-7,10-11,15,17H,3-5,8-9,12-13H2,1-2H3,(H,22,23)/t17-/m1/s1. The Hall–Kier alpha value is -2.30. The Labute approximate surface area is 154 Å². The summed E-state index contributed by atoms with van der Waals surface area (Å²) in [5.41, 5.74) is 1.95. The lowest BCUT2D eigenvalue weighted by atomic mass is 9.84. The number of nitrogens with one attached hydrogen (secondary N) is 1. The second-order valence-corrected chi connectivity index (χ2v) is 7.19. The number of para-hydroxylation sites is 1. The van der Waals surface area contributed by atoms with E-state index in [1.807, 2.05) is 24.3 Å². The highest BCUT2D eigenvalue weighted by Crippen LogP contribution is 2.38. The number of benzene rings is 1. The molecule has 1 N–H and O–H groups in total. The fraction of sp³-hybridized carbons (Fsp3) is 0.524. The van der Waals surface area contributed by atoms with Crippen LogP contribution in [-0.4, -0.2) is 25.6 Å². The first kappa shape index (κ1) is 18.5. The highest BCUT2D eigenvalue weighted by atomic mass is 16.5. The van der Waals surface area contributed by atoms with E-state index in [0.717, 1.165) is 18.4 Å². The number of esters is 1. The zero-order valence-electron chi connectivity index (χ0n) is 15.5. The number of allylic oxidation sites excluding steroid dienone is 1. The lowest BCUT2D eigenvalue weighted by Gasteiger charge is -2.28.